The Morgan fingerprint density at radius 1 is 0.750 bits per heavy atom. The molecule has 2 rings (SSSR count). The standard InChI is InChI=1S/C11H19O/c12-11(9-5-1-2-6-9)10-7-3-4-8-10/h9-11H,1-8H2. The highest BCUT2D eigenvalue weighted by molar-refractivity contribution is 4.82. The molecule has 0 N–H and O–H groups in total. The summed E-state index contributed by atoms with van der Waals surface area (Å²) in [5, 5.41) is 11.9. The Kier molecular flexibility index (Phi) is 2.69. The van der Waals surface area contributed by atoms with Crippen molar-refractivity contribution in [2.75, 3.05) is 0 Å². The maximum absolute atomic E-state index is 11.9. The number of hydrogen-bond donors (Lipinski definition) is 0. The lowest BCUT2D eigenvalue weighted by molar-refractivity contribution is -0.00653. The SMILES string of the molecule is [O]C(C1CCCC1)C1CCCC1. The van der Waals surface area contributed by atoms with Crippen molar-refractivity contribution in [1.82, 2.24) is 0 Å². The highest BCUT2D eigenvalue weighted by Crippen LogP contribution is 2.37. The molecule has 0 amide bonds. The van der Waals surface area contributed by atoms with Gasteiger partial charge in [0.25, 0.3) is 0 Å². The largest absolute Gasteiger partial charge is 0.233 e. The summed E-state index contributed by atoms with van der Waals surface area (Å²) in [5.74, 6) is 1.10. The molecule has 0 bridgehead atoms. The van der Waals surface area contributed by atoms with Crippen LogP contribution in [-0.4, -0.2) is 6.10 Å². The van der Waals surface area contributed by atoms with Gasteiger partial charge in [0.15, 0.2) is 0 Å². The van der Waals surface area contributed by atoms with Gasteiger partial charge in [-0.15, -0.1) is 0 Å². The molecule has 0 saturated heterocycles. The van der Waals surface area contributed by atoms with Gasteiger partial charge in [-0.1, -0.05) is 25.7 Å². The van der Waals surface area contributed by atoms with Crippen LogP contribution in [0, 0.1) is 11.8 Å². The van der Waals surface area contributed by atoms with Crippen molar-refractivity contribution in [3.05, 3.63) is 0 Å². The molecule has 2 aliphatic carbocycles. The van der Waals surface area contributed by atoms with Gasteiger partial charge in [0, 0.05) is 0 Å². The molecule has 1 heteroatoms. The molecule has 2 aliphatic rings. The molecular formula is C11H19O. The van der Waals surface area contributed by atoms with Crippen LogP contribution in [0.15, 0.2) is 0 Å². The summed E-state index contributed by atoms with van der Waals surface area (Å²) in [5.41, 5.74) is 0. The fourth-order valence-electron chi connectivity index (χ4n) is 2.96. The van der Waals surface area contributed by atoms with Crippen molar-refractivity contribution in [3.63, 3.8) is 0 Å². The zero-order valence-electron chi connectivity index (χ0n) is 7.80. The van der Waals surface area contributed by atoms with E-state index in [2.05, 4.69) is 0 Å². The topological polar surface area (TPSA) is 19.9 Å². The number of rotatable bonds is 2. The first kappa shape index (κ1) is 8.55. The van der Waals surface area contributed by atoms with E-state index in [1.54, 1.807) is 0 Å². The van der Waals surface area contributed by atoms with Crippen LogP contribution in [0.5, 0.6) is 0 Å². The molecule has 0 atom stereocenters. The van der Waals surface area contributed by atoms with Gasteiger partial charge < -0.3 is 0 Å². The second kappa shape index (κ2) is 3.78. The number of hydrogen-bond acceptors (Lipinski definition) is 0. The van der Waals surface area contributed by atoms with Crippen LogP contribution < -0.4 is 0 Å². The maximum atomic E-state index is 11.9. The van der Waals surface area contributed by atoms with E-state index in [4.69, 9.17) is 0 Å². The highest BCUT2D eigenvalue weighted by Gasteiger charge is 2.32. The minimum absolute atomic E-state index is 0.199. The van der Waals surface area contributed by atoms with E-state index in [0.29, 0.717) is 11.8 Å². The zero-order valence-corrected chi connectivity index (χ0v) is 7.80. The van der Waals surface area contributed by atoms with E-state index in [9.17, 15) is 5.11 Å². The molecule has 0 aromatic carbocycles. The first-order valence-electron chi connectivity index (χ1n) is 5.54. The fraction of sp³-hybridized carbons (Fsp3) is 1.00. The lowest BCUT2D eigenvalue weighted by Crippen LogP contribution is -2.24. The smallest absolute Gasteiger partial charge is 0.0986 e. The van der Waals surface area contributed by atoms with Gasteiger partial charge in [0.05, 0.1) is 6.10 Å². The van der Waals surface area contributed by atoms with Crippen LogP contribution in [0.4, 0.5) is 0 Å². The van der Waals surface area contributed by atoms with Gasteiger partial charge in [-0.05, 0) is 37.5 Å². The van der Waals surface area contributed by atoms with E-state index in [-0.39, 0.29) is 6.10 Å². The molecule has 0 spiro atoms. The normalized spacial score (nSPS) is 27.5. The molecule has 0 heterocycles. The second-order valence-electron chi connectivity index (χ2n) is 4.55. The first-order chi connectivity index (χ1) is 5.88. The van der Waals surface area contributed by atoms with E-state index < -0.39 is 0 Å². The molecule has 0 aromatic heterocycles. The molecule has 1 radical (unpaired) electrons. The lowest BCUT2D eigenvalue weighted by Gasteiger charge is -2.21. The summed E-state index contributed by atoms with van der Waals surface area (Å²) in [6.07, 6.45) is 9.97. The Morgan fingerprint density at radius 2 is 1.08 bits per heavy atom. The average Bonchev–Trinajstić information content (AvgIpc) is 2.77. The maximum Gasteiger partial charge on any atom is 0.0986 e. The summed E-state index contributed by atoms with van der Waals surface area (Å²) >= 11 is 0. The summed E-state index contributed by atoms with van der Waals surface area (Å²) in [6.45, 7) is 0. The van der Waals surface area contributed by atoms with Crippen molar-refractivity contribution in [3.8, 4) is 0 Å². The second-order valence-corrected chi connectivity index (χ2v) is 4.55. The summed E-state index contributed by atoms with van der Waals surface area (Å²) in [4.78, 5) is 0. The van der Waals surface area contributed by atoms with Crippen molar-refractivity contribution < 1.29 is 5.11 Å². The Balaban J connectivity index is 1.84. The third kappa shape index (κ3) is 1.66. The summed E-state index contributed by atoms with van der Waals surface area (Å²) < 4.78 is 0. The molecule has 0 unspecified atom stereocenters. The van der Waals surface area contributed by atoms with Crippen molar-refractivity contribution >= 4 is 0 Å². The highest BCUT2D eigenvalue weighted by atomic mass is 16.3. The van der Waals surface area contributed by atoms with E-state index in [1.165, 1.54) is 51.4 Å². The van der Waals surface area contributed by atoms with Crippen LogP contribution in [0.1, 0.15) is 51.4 Å². The zero-order chi connectivity index (χ0) is 8.39. The lowest BCUT2D eigenvalue weighted by atomic mass is 9.89. The molecule has 1 nitrogen and oxygen atoms in total. The minimum atomic E-state index is -0.199. The van der Waals surface area contributed by atoms with Gasteiger partial charge in [-0.2, -0.15) is 0 Å². The monoisotopic (exact) mass is 167 g/mol. The van der Waals surface area contributed by atoms with E-state index >= 15 is 0 Å². The van der Waals surface area contributed by atoms with Crippen molar-refractivity contribution in [1.29, 1.82) is 0 Å². The first-order valence-corrected chi connectivity index (χ1v) is 5.54. The van der Waals surface area contributed by atoms with Gasteiger partial charge in [-0.3, -0.25) is 0 Å². The molecule has 0 aromatic rings. The van der Waals surface area contributed by atoms with Gasteiger partial charge in [0.1, 0.15) is 0 Å². The Bertz CT molecular complexity index is 116. The van der Waals surface area contributed by atoms with Crippen molar-refractivity contribution in [2.45, 2.75) is 57.5 Å². The predicted molar refractivity (Wildman–Crippen MR) is 48.4 cm³/mol. The van der Waals surface area contributed by atoms with E-state index in [0.717, 1.165) is 0 Å². The molecule has 12 heavy (non-hydrogen) atoms. The summed E-state index contributed by atoms with van der Waals surface area (Å²) in [6, 6.07) is 0. The van der Waals surface area contributed by atoms with E-state index in [1.807, 2.05) is 0 Å². The van der Waals surface area contributed by atoms with Crippen LogP contribution >= 0.6 is 0 Å². The van der Waals surface area contributed by atoms with Crippen LogP contribution in [0.2, 0.25) is 0 Å². The molecule has 0 aliphatic heterocycles. The quantitative estimate of drug-likeness (QED) is 0.602. The average molecular weight is 167 g/mol. The minimum Gasteiger partial charge on any atom is -0.233 e. The van der Waals surface area contributed by atoms with Crippen LogP contribution in [0.25, 0.3) is 0 Å². The van der Waals surface area contributed by atoms with Crippen molar-refractivity contribution in [2.24, 2.45) is 11.8 Å². The molecular weight excluding hydrogens is 148 g/mol. The van der Waals surface area contributed by atoms with Crippen LogP contribution in [-0.2, 0) is 5.11 Å². The molecule has 2 fully saturated rings. The molecule has 69 valence electrons. The molecule has 2 saturated carbocycles. The Morgan fingerprint density at radius 3 is 1.42 bits per heavy atom. The third-order valence-corrected chi connectivity index (χ3v) is 3.73. The van der Waals surface area contributed by atoms with Gasteiger partial charge in [-0.25, -0.2) is 5.11 Å². The predicted octanol–water partition coefficient (Wildman–Crippen LogP) is 3.17. The summed E-state index contributed by atoms with van der Waals surface area (Å²) in [7, 11) is 0. The van der Waals surface area contributed by atoms with Gasteiger partial charge >= 0.3 is 0 Å². The Hall–Kier alpha value is -0.0400. The Labute approximate surface area is 75.2 Å². The van der Waals surface area contributed by atoms with Crippen LogP contribution in [0.3, 0.4) is 0 Å². The third-order valence-electron chi connectivity index (χ3n) is 3.73. The fourth-order valence-corrected chi connectivity index (χ4v) is 2.96. The van der Waals surface area contributed by atoms with Gasteiger partial charge in [0.2, 0.25) is 0 Å².